The third kappa shape index (κ3) is 4.67. The Labute approximate surface area is 141 Å². The summed E-state index contributed by atoms with van der Waals surface area (Å²) in [6, 6.07) is 6.07. The van der Waals surface area contributed by atoms with Gasteiger partial charge in [-0.1, -0.05) is 11.6 Å². The van der Waals surface area contributed by atoms with Gasteiger partial charge >= 0.3 is 0 Å². The van der Waals surface area contributed by atoms with E-state index in [1.165, 1.54) is 16.4 Å². The molecule has 0 aliphatic carbocycles. The van der Waals surface area contributed by atoms with Gasteiger partial charge in [-0.05, 0) is 37.1 Å². The summed E-state index contributed by atoms with van der Waals surface area (Å²) in [5.41, 5.74) is 0. The number of carbonyl (C=O) groups is 1. The molecule has 1 fully saturated rings. The number of rotatable bonds is 6. The van der Waals surface area contributed by atoms with Gasteiger partial charge in [-0.25, -0.2) is 8.42 Å². The molecule has 1 amide bonds. The van der Waals surface area contributed by atoms with Crippen LogP contribution in [0.5, 0.6) is 0 Å². The van der Waals surface area contributed by atoms with Crippen LogP contribution in [0.4, 0.5) is 0 Å². The van der Waals surface area contributed by atoms with Crippen LogP contribution in [0.25, 0.3) is 0 Å². The number of nitrogens with zero attached hydrogens (tertiary/aromatic N) is 1. The van der Waals surface area contributed by atoms with Crippen LogP contribution in [0.2, 0.25) is 5.02 Å². The number of benzene rings is 1. The number of piperidine rings is 1. The van der Waals surface area contributed by atoms with Gasteiger partial charge < -0.3 is 10.1 Å². The van der Waals surface area contributed by atoms with Crippen LogP contribution in [0.1, 0.15) is 12.8 Å². The molecule has 6 nitrogen and oxygen atoms in total. The smallest absolute Gasteiger partial charge is 0.243 e. The van der Waals surface area contributed by atoms with E-state index in [1.54, 1.807) is 19.2 Å². The number of ether oxygens (including phenoxy) is 1. The van der Waals surface area contributed by atoms with Crippen molar-refractivity contribution in [2.75, 3.05) is 33.4 Å². The average Bonchev–Trinajstić information content (AvgIpc) is 2.55. The molecule has 0 aromatic heterocycles. The molecule has 1 N–H and O–H groups in total. The molecule has 128 valence electrons. The zero-order valence-corrected chi connectivity index (χ0v) is 14.6. The Morgan fingerprint density at radius 2 is 2.09 bits per heavy atom. The third-order valence-electron chi connectivity index (χ3n) is 3.81. The number of hydrogen-bond acceptors (Lipinski definition) is 4. The highest BCUT2D eigenvalue weighted by molar-refractivity contribution is 7.89. The van der Waals surface area contributed by atoms with E-state index in [2.05, 4.69) is 5.32 Å². The monoisotopic (exact) mass is 360 g/mol. The molecule has 1 unspecified atom stereocenters. The Bertz CT molecular complexity index is 633. The Kier molecular flexibility index (Phi) is 6.41. The highest BCUT2D eigenvalue weighted by atomic mass is 35.5. The highest BCUT2D eigenvalue weighted by Gasteiger charge is 2.33. The quantitative estimate of drug-likeness (QED) is 0.780. The molecule has 0 bridgehead atoms. The summed E-state index contributed by atoms with van der Waals surface area (Å²) in [5, 5.41) is 3.25. The second kappa shape index (κ2) is 8.10. The lowest BCUT2D eigenvalue weighted by molar-refractivity contribution is -0.126. The van der Waals surface area contributed by atoms with Gasteiger partial charge in [0.25, 0.3) is 0 Å². The van der Waals surface area contributed by atoms with Gasteiger partial charge in [-0.15, -0.1) is 0 Å². The van der Waals surface area contributed by atoms with Crippen LogP contribution in [0.15, 0.2) is 29.2 Å². The molecule has 1 atom stereocenters. The molecule has 1 aliphatic heterocycles. The predicted octanol–water partition coefficient (Wildman–Crippen LogP) is 1.50. The lowest BCUT2D eigenvalue weighted by Crippen LogP contribution is -2.45. The van der Waals surface area contributed by atoms with Gasteiger partial charge in [-0.2, -0.15) is 4.31 Å². The molecule has 1 aliphatic rings. The first kappa shape index (κ1) is 18.2. The van der Waals surface area contributed by atoms with E-state index >= 15 is 0 Å². The number of hydrogen-bond donors (Lipinski definition) is 1. The van der Waals surface area contributed by atoms with Gasteiger partial charge in [0.15, 0.2) is 0 Å². The maximum Gasteiger partial charge on any atom is 0.243 e. The number of carbonyl (C=O) groups excluding carboxylic acids is 1. The second-order valence-corrected chi connectivity index (χ2v) is 7.81. The van der Waals surface area contributed by atoms with Crippen molar-refractivity contribution in [1.82, 2.24) is 9.62 Å². The average molecular weight is 361 g/mol. The van der Waals surface area contributed by atoms with E-state index in [-0.39, 0.29) is 23.3 Å². The summed E-state index contributed by atoms with van der Waals surface area (Å²) in [6.45, 7) is 1.48. The Balaban J connectivity index is 2.05. The number of sulfonamides is 1. The molecule has 0 spiro atoms. The first-order valence-electron chi connectivity index (χ1n) is 7.47. The predicted molar refractivity (Wildman–Crippen MR) is 87.8 cm³/mol. The molecule has 2 rings (SSSR count). The summed E-state index contributed by atoms with van der Waals surface area (Å²) in [5.74, 6) is -0.458. The van der Waals surface area contributed by atoms with Gasteiger partial charge in [0.2, 0.25) is 15.9 Å². The molecule has 8 heteroatoms. The van der Waals surface area contributed by atoms with E-state index in [0.717, 1.165) is 0 Å². The molecule has 1 heterocycles. The maximum atomic E-state index is 12.7. The fourth-order valence-corrected chi connectivity index (χ4v) is 4.20. The van der Waals surface area contributed by atoms with Crippen molar-refractivity contribution in [2.24, 2.45) is 5.92 Å². The van der Waals surface area contributed by atoms with Crippen molar-refractivity contribution in [3.05, 3.63) is 29.3 Å². The van der Waals surface area contributed by atoms with E-state index in [9.17, 15) is 13.2 Å². The van der Waals surface area contributed by atoms with E-state index in [1.807, 2.05) is 0 Å². The molecular formula is C15H21ClN2O4S. The topological polar surface area (TPSA) is 75.7 Å². The largest absolute Gasteiger partial charge is 0.383 e. The summed E-state index contributed by atoms with van der Waals surface area (Å²) >= 11 is 5.80. The van der Waals surface area contributed by atoms with Gasteiger partial charge in [0.05, 0.1) is 17.4 Å². The van der Waals surface area contributed by atoms with Crippen LogP contribution in [-0.4, -0.2) is 52.0 Å². The Morgan fingerprint density at radius 3 is 2.74 bits per heavy atom. The number of halogens is 1. The minimum Gasteiger partial charge on any atom is -0.383 e. The van der Waals surface area contributed by atoms with Crippen LogP contribution in [-0.2, 0) is 19.6 Å². The minimum absolute atomic E-state index is 0.127. The van der Waals surface area contributed by atoms with Gasteiger partial charge in [0.1, 0.15) is 0 Å². The summed E-state index contributed by atoms with van der Waals surface area (Å²) in [4.78, 5) is 12.3. The van der Waals surface area contributed by atoms with Gasteiger partial charge in [-0.3, -0.25) is 4.79 Å². The summed E-state index contributed by atoms with van der Waals surface area (Å²) in [6.07, 6.45) is 1.35. The number of amides is 1. The fourth-order valence-electron chi connectivity index (χ4n) is 2.55. The highest BCUT2D eigenvalue weighted by Crippen LogP contribution is 2.24. The van der Waals surface area contributed by atoms with E-state index < -0.39 is 10.0 Å². The van der Waals surface area contributed by atoms with Crippen LogP contribution >= 0.6 is 11.6 Å². The van der Waals surface area contributed by atoms with Crippen molar-refractivity contribution in [1.29, 1.82) is 0 Å². The fraction of sp³-hybridized carbons (Fsp3) is 0.533. The Hall–Kier alpha value is -1.15. The lowest BCUT2D eigenvalue weighted by atomic mass is 9.99. The summed E-state index contributed by atoms with van der Waals surface area (Å²) < 4.78 is 31.6. The number of methoxy groups -OCH3 is 1. The van der Waals surface area contributed by atoms with Crippen molar-refractivity contribution < 1.29 is 17.9 Å². The maximum absolute atomic E-state index is 12.7. The zero-order valence-electron chi connectivity index (χ0n) is 13.0. The van der Waals surface area contributed by atoms with Crippen molar-refractivity contribution >= 4 is 27.5 Å². The standard InChI is InChI=1S/C15H21ClN2O4S/c1-22-10-8-17-15(19)12-3-2-9-18(11-12)23(20,21)14-6-4-13(16)5-7-14/h4-7,12H,2-3,8-11H2,1H3,(H,17,19). The molecule has 1 aromatic rings. The lowest BCUT2D eigenvalue weighted by Gasteiger charge is -2.31. The van der Waals surface area contributed by atoms with Crippen LogP contribution in [0, 0.1) is 5.92 Å². The number of nitrogens with one attached hydrogen (secondary N) is 1. The molecule has 0 radical (unpaired) electrons. The SMILES string of the molecule is COCCNC(=O)C1CCCN(S(=O)(=O)c2ccc(Cl)cc2)C1. The van der Waals surface area contributed by atoms with Crippen LogP contribution < -0.4 is 5.32 Å². The van der Waals surface area contributed by atoms with Crippen molar-refractivity contribution in [2.45, 2.75) is 17.7 Å². The molecule has 1 aromatic carbocycles. The second-order valence-electron chi connectivity index (χ2n) is 5.44. The van der Waals surface area contributed by atoms with E-state index in [4.69, 9.17) is 16.3 Å². The van der Waals surface area contributed by atoms with Crippen molar-refractivity contribution in [3.8, 4) is 0 Å². The molecule has 0 saturated carbocycles. The third-order valence-corrected chi connectivity index (χ3v) is 5.94. The van der Waals surface area contributed by atoms with Gasteiger partial charge in [0, 0.05) is 31.8 Å². The zero-order chi connectivity index (χ0) is 16.9. The molecule has 1 saturated heterocycles. The van der Waals surface area contributed by atoms with Crippen molar-refractivity contribution in [3.63, 3.8) is 0 Å². The first-order valence-corrected chi connectivity index (χ1v) is 9.29. The first-order chi connectivity index (χ1) is 10.9. The minimum atomic E-state index is -3.60. The molecular weight excluding hydrogens is 340 g/mol. The van der Waals surface area contributed by atoms with E-state index in [0.29, 0.717) is 37.6 Å². The Morgan fingerprint density at radius 1 is 1.39 bits per heavy atom. The molecule has 23 heavy (non-hydrogen) atoms. The summed E-state index contributed by atoms with van der Waals surface area (Å²) in [7, 11) is -2.04. The normalized spacial score (nSPS) is 19.5. The van der Waals surface area contributed by atoms with Crippen LogP contribution in [0.3, 0.4) is 0 Å².